The van der Waals surface area contributed by atoms with Crippen molar-refractivity contribution in [2.75, 3.05) is 26.8 Å². The summed E-state index contributed by atoms with van der Waals surface area (Å²) in [6, 6.07) is 0.288. The van der Waals surface area contributed by atoms with Crippen LogP contribution in [0.25, 0.3) is 0 Å². The van der Waals surface area contributed by atoms with Gasteiger partial charge in [0, 0.05) is 32.3 Å². The zero-order chi connectivity index (χ0) is 11.8. The quantitative estimate of drug-likeness (QED) is 0.748. The molecule has 0 unspecified atom stereocenters. The van der Waals surface area contributed by atoms with Gasteiger partial charge >= 0.3 is 0 Å². The fraction of sp³-hybridized carbons (Fsp3) is 0.727. The average Bonchev–Trinajstić information content (AvgIpc) is 2.98. The minimum absolute atomic E-state index is 0.0475. The first-order valence-corrected chi connectivity index (χ1v) is 5.96. The third kappa shape index (κ3) is 2.04. The number of methoxy groups -OCH3 is 1. The largest absolute Gasteiger partial charge is 0.375 e. The zero-order valence-electron chi connectivity index (χ0n) is 9.87. The molecule has 1 aromatic rings. The second-order valence-corrected chi connectivity index (χ2v) is 4.78. The van der Waals surface area contributed by atoms with E-state index in [-0.39, 0.29) is 18.6 Å². The van der Waals surface area contributed by atoms with Crippen LogP contribution in [-0.4, -0.2) is 52.6 Å². The summed E-state index contributed by atoms with van der Waals surface area (Å²) in [6.07, 6.45) is 4.50. The Hall–Kier alpha value is -1.43. The molecular weight excluding hydrogens is 220 g/mol. The maximum atomic E-state index is 11.5. The molecule has 92 valence electrons. The van der Waals surface area contributed by atoms with Gasteiger partial charge in [0.15, 0.2) is 0 Å². The normalized spacial score (nSPS) is 20.4. The van der Waals surface area contributed by atoms with E-state index in [0.717, 1.165) is 18.8 Å². The van der Waals surface area contributed by atoms with Crippen molar-refractivity contribution in [2.24, 2.45) is 0 Å². The van der Waals surface area contributed by atoms with E-state index >= 15 is 0 Å². The van der Waals surface area contributed by atoms with Crippen molar-refractivity contribution in [1.29, 1.82) is 0 Å². The van der Waals surface area contributed by atoms with Crippen molar-refractivity contribution in [3.05, 3.63) is 11.9 Å². The van der Waals surface area contributed by atoms with Crippen molar-refractivity contribution in [1.82, 2.24) is 19.9 Å². The zero-order valence-corrected chi connectivity index (χ0v) is 9.87. The van der Waals surface area contributed by atoms with Gasteiger partial charge in [-0.25, -0.2) is 4.68 Å². The predicted octanol–water partition coefficient (Wildman–Crippen LogP) is 0.185. The first kappa shape index (κ1) is 10.7. The van der Waals surface area contributed by atoms with Crippen molar-refractivity contribution in [3.63, 3.8) is 0 Å². The van der Waals surface area contributed by atoms with Crippen LogP contribution in [0.15, 0.2) is 6.20 Å². The van der Waals surface area contributed by atoms with Crippen molar-refractivity contribution < 1.29 is 9.53 Å². The van der Waals surface area contributed by atoms with Crippen molar-refractivity contribution in [2.45, 2.75) is 24.8 Å². The summed E-state index contributed by atoms with van der Waals surface area (Å²) in [5.41, 5.74) is 1.10. The standard InChI is InChI=1S/C11H16N4O2/c1-17-7-11(16)14-4-9(5-14)15-6-10(12-13-15)8-2-3-8/h6,8-9H,2-5,7H2,1H3. The Morgan fingerprint density at radius 2 is 2.29 bits per heavy atom. The number of carbonyl (C=O) groups is 1. The molecule has 0 N–H and O–H groups in total. The topological polar surface area (TPSA) is 60.2 Å². The van der Waals surface area contributed by atoms with E-state index in [1.807, 2.05) is 10.9 Å². The highest BCUT2D eigenvalue weighted by molar-refractivity contribution is 5.78. The van der Waals surface area contributed by atoms with Gasteiger partial charge in [0.1, 0.15) is 6.61 Å². The highest BCUT2D eigenvalue weighted by atomic mass is 16.5. The number of aromatic nitrogens is 3. The minimum atomic E-state index is 0.0475. The molecule has 0 bridgehead atoms. The number of amides is 1. The lowest BCUT2D eigenvalue weighted by Gasteiger charge is -2.38. The summed E-state index contributed by atoms with van der Waals surface area (Å²) in [5.74, 6) is 0.682. The highest BCUT2D eigenvalue weighted by Gasteiger charge is 2.34. The Kier molecular flexibility index (Phi) is 2.58. The van der Waals surface area contributed by atoms with Crippen LogP contribution in [-0.2, 0) is 9.53 Å². The van der Waals surface area contributed by atoms with Gasteiger partial charge in [0.25, 0.3) is 0 Å². The van der Waals surface area contributed by atoms with Crippen LogP contribution < -0.4 is 0 Å². The van der Waals surface area contributed by atoms with E-state index in [0.29, 0.717) is 5.92 Å². The smallest absolute Gasteiger partial charge is 0.248 e. The average molecular weight is 236 g/mol. The predicted molar refractivity (Wildman–Crippen MR) is 59.5 cm³/mol. The van der Waals surface area contributed by atoms with Crippen LogP contribution in [0.3, 0.4) is 0 Å². The summed E-state index contributed by atoms with van der Waals surface area (Å²) >= 11 is 0. The Morgan fingerprint density at radius 3 is 2.94 bits per heavy atom. The van der Waals surface area contributed by atoms with Crippen LogP contribution in [0.5, 0.6) is 0 Å². The summed E-state index contributed by atoms with van der Waals surface area (Å²) in [5, 5.41) is 8.31. The van der Waals surface area contributed by atoms with E-state index in [1.165, 1.54) is 20.0 Å². The molecule has 1 aliphatic heterocycles. The molecule has 1 amide bonds. The van der Waals surface area contributed by atoms with Crippen molar-refractivity contribution in [3.8, 4) is 0 Å². The monoisotopic (exact) mass is 236 g/mol. The van der Waals surface area contributed by atoms with Gasteiger partial charge in [-0.2, -0.15) is 0 Å². The Bertz CT molecular complexity index is 421. The number of likely N-dealkylation sites (tertiary alicyclic amines) is 1. The molecule has 0 radical (unpaired) electrons. The van der Waals surface area contributed by atoms with Crippen LogP contribution in [0.1, 0.15) is 30.5 Å². The molecule has 1 aromatic heterocycles. The van der Waals surface area contributed by atoms with Crippen LogP contribution in [0.2, 0.25) is 0 Å². The maximum Gasteiger partial charge on any atom is 0.248 e. The molecular formula is C11H16N4O2. The minimum Gasteiger partial charge on any atom is -0.375 e. The molecule has 17 heavy (non-hydrogen) atoms. The van der Waals surface area contributed by atoms with E-state index in [1.54, 1.807) is 4.90 Å². The fourth-order valence-electron chi connectivity index (χ4n) is 2.08. The van der Waals surface area contributed by atoms with Crippen LogP contribution in [0.4, 0.5) is 0 Å². The molecule has 0 aromatic carbocycles. The molecule has 1 aliphatic carbocycles. The Morgan fingerprint density at radius 1 is 1.53 bits per heavy atom. The molecule has 2 heterocycles. The number of rotatable bonds is 4. The number of carbonyl (C=O) groups excluding carboxylic acids is 1. The number of hydrogen-bond acceptors (Lipinski definition) is 4. The summed E-state index contributed by atoms with van der Waals surface area (Å²) in [4.78, 5) is 13.3. The second kappa shape index (κ2) is 4.10. The van der Waals surface area contributed by atoms with Gasteiger partial charge in [-0.3, -0.25) is 4.79 Å². The molecule has 1 saturated heterocycles. The van der Waals surface area contributed by atoms with Crippen molar-refractivity contribution >= 4 is 5.91 Å². The number of nitrogens with zero attached hydrogens (tertiary/aromatic N) is 4. The lowest BCUT2D eigenvalue weighted by atomic mass is 10.1. The van der Waals surface area contributed by atoms with Gasteiger partial charge in [0.05, 0.1) is 11.7 Å². The Labute approximate surface area is 99.5 Å². The molecule has 1 saturated carbocycles. The molecule has 6 nitrogen and oxygen atoms in total. The number of hydrogen-bond donors (Lipinski definition) is 0. The van der Waals surface area contributed by atoms with Gasteiger partial charge in [-0.1, -0.05) is 5.21 Å². The number of ether oxygens (including phenoxy) is 1. The van der Waals surface area contributed by atoms with Gasteiger partial charge in [-0.15, -0.1) is 5.10 Å². The van der Waals surface area contributed by atoms with E-state index in [9.17, 15) is 4.79 Å². The molecule has 2 fully saturated rings. The molecule has 0 atom stereocenters. The van der Waals surface area contributed by atoms with E-state index in [4.69, 9.17) is 4.74 Å². The second-order valence-electron chi connectivity index (χ2n) is 4.78. The summed E-state index contributed by atoms with van der Waals surface area (Å²) in [6.45, 7) is 1.60. The third-order valence-electron chi connectivity index (χ3n) is 3.38. The van der Waals surface area contributed by atoms with E-state index in [2.05, 4.69) is 10.3 Å². The third-order valence-corrected chi connectivity index (χ3v) is 3.38. The van der Waals surface area contributed by atoms with Crippen LogP contribution >= 0.6 is 0 Å². The Balaban J connectivity index is 1.55. The summed E-state index contributed by atoms with van der Waals surface area (Å²) < 4.78 is 6.71. The lowest BCUT2D eigenvalue weighted by Crippen LogP contribution is -2.52. The van der Waals surface area contributed by atoms with Gasteiger partial charge in [-0.05, 0) is 12.8 Å². The highest BCUT2D eigenvalue weighted by Crippen LogP contribution is 2.39. The molecule has 0 spiro atoms. The van der Waals surface area contributed by atoms with Gasteiger partial charge in [0.2, 0.25) is 5.91 Å². The van der Waals surface area contributed by atoms with E-state index < -0.39 is 0 Å². The molecule has 3 rings (SSSR count). The lowest BCUT2D eigenvalue weighted by molar-refractivity contribution is -0.141. The molecule has 2 aliphatic rings. The molecule has 6 heteroatoms. The first-order chi connectivity index (χ1) is 8.28. The SMILES string of the molecule is COCC(=O)N1CC(n2cc(C3CC3)nn2)C1. The fourth-order valence-corrected chi connectivity index (χ4v) is 2.08. The summed E-state index contributed by atoms with van der Waals surface area (Å²) in [7, 11) is 1.54. The first-order valence-electron chi connectivity index (χ1n) is 5.96. The van der Waals surface area contributed by atoms with Crippen LogP contribution in [0, 0.1) is 0 Å². The van der Waals surface area contributed by atoms with Gasteiger partial charge < -0.3 is 9.64 Å². The maximum absolute atomic E-state index is 11.5.